The highest BCUT2D eigenvalue weighted by Crippen LogP contribution is 2.29. The summed E-state index contributed by atoms with van der Waals surface area (Å²) in [6, 6.07) is 15.4. The molecule has 1 N–H and O–H groups in total. The number of nitrogens with one attached hydrogen (secondary N) is 1. The SMILES string of the molecule is CCc1ccc(NC(=O)c2sccc2S(=O)(=O)N2CCN(c3cc(C)ccc3C)CC2)cc1. The fourth-order valence-corrected chi connectivity index (χ4v) is 6.76. The smallest absolute Gasteiger partial charge is 0.267 e. The molecule has 4 rings (SSSR count). The van der Waals surface area contributed by atoms with Crippen LogP contribution in [0.15, 0.2) is 58.8 Å². The van der Waals surface area contributed by atoms with Gasteiger partial charge in [-0.2, -0.15) is 4.31 Å². The number of carbonyl (C=O) groups is 1. The predicted octanol–water partition coefficient (Wildman–Crippen LogP) is 4.69. The second kappa shape index (κ2) is 9.67. The van der Waals surface area contributed by atoms with Crippen molar-refractivity contribution in [2.45, 2.75) is 32.1 Å². The van der Waals surface area contributed by atoms with Gasteiger partial charge in [0.2, 0.25) is 10.0 Å². The number of amides is 1. The molecule has 1 fully saturated rings. The Labute approximate surface area is 199 Å². The van der Waals surface area contributed by atoms with Gasteiger partial charge < -0.3 is 10.2 Å². The number of aryl methyl sites for hydroxylation is 3. The molecular formula is C25H29N3O3S2. The maximum absolute atomic E-state index is 13.4. The van der Waals surface area contributed by atoms with E-state index in [-0.39, 0.29) is 9.77 Å². The monoisotopic (exact) mass is 483 g/mol. The first-order chi connectivity index (χ1) is 15.8. The summed E-state index contributed by atoms with van der Waals surface area (Å²) in [6.07, 6.45) is 0.915. The van der Waals surface area contributed by atoms with E-state index < -0.39 is 15.9 Å². The number of sulfonamides is 1. The molecule has 174 valence electrons. The van der Waals surface area contributed by atoms with Crippen LogP contribution in [-0.2, 0) is 16.4 Å². The first-order valence-corrected chi connectivity index (χ1v) is 13.4. The van der Waals surface area contributed by atoms with Crippen LogP contribution in [0, 0.1) is 13.8 Å². The molecule has 0 atom stereocenters. The summed E-state index contributed by atoms with van der Waals surface area (Å²) in [4.78, 5) is 15.4. The highest BCUT2D eigenvalue weighted by molar-refractivity contribution is 7.89. The minimum atomic E-state index is -3.76. The first-order valence-electron chi connectivity index (χ1n) is 11.1. The fraction of sp³-hybridized carbons (Fsp3) is 0.320. The summed E-state index contributed by atoms with van der Waals surface area (Å²) in [5.74, 6) is -0.401. The molecule has 1 aliphatic heterocycles. The van der Waals surface area contributed by atoms with Crippen molar-refractivity contribution in [1.82, 2.24) is 4.31 Å². The molecule has 33 heavy (non-hydrogen) atoms. The Morgan fingerprint density at radius 2 is 1.70 bits per heavy atom. The van der Waals surface area contributed by atoms with Crippen molar-refractivity contribution in [3.63, 3.8) is 0 Å². The van der Waals surface area contributed by atoms with Crippen LogP contribution in [0.4, 0.5) is 11.4 Å². The number of piperazine rings is 1. The number of rotatable bonds is 6. The predicted molar refractivity (Wildman–Crippen MR) is 135 cm³/mol. The van der Waals surface area contributed by atoms with Gasteiger partial charge in [0.15, 0.2) is 0 Å². The van der Waals surface area contributed by atoms with Crippen molar-refractivity contribution >= 4 is 38.6 Å². The molecule has 1 saturated heterocycles. The quantitative estimate of drug-likeness (QED) is 0.552. The number of hydrogen-bond donors (Lipinski definition) is 1. The molecule has 0 spiro atoms. The Morgan fingerprint density at radius 1 is 1.00 bits per heavy atom. The second-order valence-corrected chi connectivity index (χ2v) is 11.1. The lowest BCUT2D eigenvalue weighted by molar-refractivity contribution is 0.102. The summed E-state index contributed by atoms with van der Waals surface area (Å²) < 4.78 is 28.3. The Bertz CT molecular complexity index is 1240. The van der Waals surface area contributed by atoms with Gasteiger partial charge in [0.1, 0.15) is 9.77 Å². The van der Waals surface area contributed by atoms with E-state index in [1.807, 2.05) is 24.3 Å². The third kappa shape index (κ3) is 4.98. The normalized spacial score (nSPS) is 14.9. The summed E-state index contributed by atoms with van der Waals surface area (Å²) in [7, 11) is -3.76. The Kier molecular flexibility index (Phi) is 6.88. The topological polar surface area (TPSA) is 69.7 Å². The highest BCUT2D eigenvalue weighted by Gasteiger charge is 2.33. The summed E-state index contributed by atoms with van der Waals surface area (Å²) in [6.45, 7) is 8.18. The van der Waals surface area contributed by atoms with Gasteiger partial charge in [-0.3, -0.25) is 4.79 Å². The highest BCUT2D eigenvalue weighted by atomic mass is 32.2. The van der Waals surface area contributed by atoms with Crippen LogP contribution < -0.4 is 10.2 Å². The van der Waals surface area contributed by atoms with Crippen molar-refractivity contribution < 1.29 is 13.2 Å². The van der Waals surface area contributed by atoms with Crippen LogP contribution in [0.2, 0.25) is 0 Å². The Balaban J connectivity index is 1.48. The van der Waals surface area contributed by atoms with E-state index in [0.717, 1.165) is 23.4 Å². The summed E-state index contributed by atoms with van der Waals surface area (Å²) in [5, 5.41) is 4.49. The van der Waals surface area contributed by atoms with E-state index in [1.54, 1.807) is 5.38 Å². The lowest BCUT2D eigenvalue weighted by atomic mass is 10.1. The van der Waals surface area contributed by atoms with Crippen LogP contribution in [0.5, 0.6) is 0 Å². The van der Waals surface area contributed by atoms with Gasteiger partial charge in [0, 0.05) is 37.6 Å². The molecule has 8 heteroatoms. The molecule has 1 amide bonds. The number of hydrogen-bond acceptors (Lipinski definition) is 5. The lowest BCUT2D eigenvalue weighted by Crippen LogP contribution is -2.49. The van der Waals surface area contributed by atoms with Crippen molar-refractivity contribution in [2.24, 2.45) is 0 Å². The van der Waals surface area contributed by atoms with Crippen molar-refractivity contribution in [1.29, 1.82) is 0 Å². The number of anilines is 2. The lowest BCUT2D eigenvalue weighted by Gasteiger charge is -2.36. The van der Waals surface area contributed by atoms with Gasteiger partial charge in [-0.25, -0.2) is 8.42 Å². The van der Waals surface area contributed by atoms with Crippen molar-refractivity contribution in [3.05, 3.63) is 75.5 Å². The largest absolute Gasteiger partial charge is 0.369 e. The minimum absolute atomic E-state index is 0.0790. The molecule has 1 aromatic heterocycles. The molecule has 2 aromatic carbocycles. The summed E-state index contributed by atoms with van der Waals surface area (Å²) in [5.41, 5.74) is 5.34. The van der Waals surface area contributed by atoms with Gasteiger partial charge in [-0.05, 0) is 66.6 Å². The van der Waals surface area contributed by atoms with Gasteiger partial charge in [0.25, 0.3) is 5.91 Å². The van der Waals surface area contributed by atoms with Crippen molar-refractivity contribution in [3.8, 4) is 0 Å². The Morgan fingerprint density at radius 3 is 2.36 bits per heavy atom. The number of nitrogens with zero attached hydrogens (tertiary/aromatic N) is 2. The van der Waals surface area contributed by atoms with Gasteiger partial charge in [-0.1, -0.05) is 31.2 Å². The fourth-order valence-electron chi connectivity index (χ4n) is 4.05. The molecule has 0 unspecified atom stereocenters. The van der Waals surface area contributed by atoms with E-state index in [4.69, 9.17) is 0 Å². The average molecular weight is 484 g/mol. The van der Waals surface area contributed by atoms with E-state index in [0.29, 0.717) is 31.9 Å². The number of thiophene rings is 1. The summed E-state index contributed by atoms with van der Waals surface area (Å²) >= 11 is 1.15. The van der Waals surface area contributed by atoms with Gasteiger partial charge >= 0.3 is 0 Å². The van der Waals surface area contributed by atoms with Crippen LogP contribution in [-0.4, -0.2) is 44.8 Å². The standard InChI is InChI=1S/C25H29N3O3S2/c1-4-20-7-9-21(10-8-20)26-25(29)24-23(11-16-32-24)33(30,31)28-14-12-27(13-15-28)22-17-18(2)5-6-19(22)3/h5-11,16-17H,4,12-15H2,1-3H3,(H,26,29). The van der Waals surface area contributed by atoms with Crippen LogP contribution in [0.25, 0.3) is 0 Å². The maximum Gasteiger partial charge on any atom is 0.267 e. The maximum atomic E-state index is 13.4. The third-order valence-corrected chi connectivity index (χ3v) is 9.00. The van der Waals surface area contributed by atoms with E-state index >= 15 is 0 Å². The van der Waals surface area contributed by atoms with Crippen LogP contribution >= 0.6 is 11.3 Å². The number of benzene rings is 2. The molecule has 0 aliphatic carbocycles. The second-order valence-electron chi connectivity index (χ2n) is 8.30. The van der Waals surface area contributed by atoms with E-state index in [9.17, 15) is 13.2 Å². The zero-order valence-corrected chi connectivity index (χ0v) is 20.8. The zero-order valence-electron chi connectivity index (χ0n) is 19.2. The molecule has 3 aromatic rings. The average Bonchev–Trinajstić information content (AvgIpc) is 3.32. The molecule has 1 aliphatic rings. The van der Waals surface area contributed by atoms with E-state index in [1.165, 1.54) is 27.1 Å². The molecule has 6 nitrogen and oxygen atoms in total. The molecular weight excluding hydrogens is 454 g/mol. The van der Waals surface area contributed by atoms with E-state index in [2.05, 4.69) is 49.2 Å². The molecule has 0 radical (unpaired) electrons. The molecule has 0 bridgehead atoms. The van der Waals surface area contributed by atoms with Crippen molar-refractivity contribution in [2.75, 3.05) is 36.4 Å². The Hall–Kier alpha value is -2.68. The van der Waals surface area contributed by atoms with Crippen LogP contribution in [0.3, 0.4) is 0 Å². The number of carbonyl (C=O) groups excluding carboxylic acids is 1. The minimum Gasteiger partial charge on any atom is -0.369 e. The molecule has 2 heterocycles. The third-order valence-electron chi connectivity index (χ3n) is 6.02. The van der Waals surface area contributed by atoms with Gasteiger partial charge in [-0.15, -0.1) is 11.3 Å². The van der Waals surface area contributed by atoms with Crippen LogP contribution in [0.1, 0.15) is 33.3 Å². The van der Waals surface area contributed by atoms with Gasteiger partial charge in [0.05, 0.1) is 0 Å². The zero-order chi connectivity index (χ0) is 23.6. The first kappa shape index (κ1) is 23.5. The molecule has 0 saturated carbocycles.